The Bertz CT molecular complexity index is 1190. The number of unbranched alkanes of at least 4 members (excludes halogenated alkanes) is 11. The van der Waals surface area contributed by atoms with Gasteiger partial charge in [0.1, 0.15) is 11.9 Å². The van der Waals surface area contributed by atoms with Crippen molar-refractivity contribution in [1.29, 1.82) is 0 Å². The van der Waals surface area contributed by atoms with Crippen LogP contribution >= 0.6 is 0 Å². The van der Waals surface area contributed by atoms with Gasteiger partial charge in [-0.1, -0.05) is 84.3 Å². The van der Waals surface area contributed by atoms with Gasteiger partial charge in [-0.3, -0.25) is 19.4 Å². The lowest BCUT2D eigenvalue weighted by molar-refractivity contribution is -0.149. The van der Waals surface area contributed by atoms with Crippen molar-refractivity contribution in [2.24, 2.45) is 17.6 Å². The summed E-state index contributed by atoms with van der Waals surface area (Å²) in [6, 6.07) is -0.698. The van der Waals surface area contributed by atoms with Crippen LogP contribution in [0.15, 0.2) is 16.9 Å². The van der Waals surface area contributed by atoms with Crippen molar-refractivity contribution < 1.29 is 19.1 Å². The zero-order valence-corrected chi connectivity index (χ0v) is 27.2. The van der Waals surface area contributed by atoms with Crippen LogP contribution < -0.4 is 17.0 Å². The molecule has 0 aromatic carbocycles. The average Bonchev–Trinajstić information content (AvgIpc) is 3.39. The van der Waals surface area contributed by atoms with Crippen molar-refractivity contribution in [2.75, 3.05) is 18.9 Å². The Hall–Kier alpha value is -3.21. The molecule has 0 radical (unpaired) electrons. The highest BCUT2D eigenvalue weighted by molar-refractivity contribution is 5.75. The fourth-order valence-electron chi connectivity index (χ4n) is 4.90. The Morgan fingerprint density at radius 1 is 0.886 bits per heavy atom. The number of anilines is 1. The largest absolute Gasteiger partial charge is 0.465 e. The van der Waals surface area contributed by atoms with Gasteiger partial charge in [0.25, 0.3) is 5.56 Å². The Morgan fingerprint density at radius 2 is 1.52 bits per heavy atom. The number of carbonyl (C=O) groups is 2. The van der Waals surface area contributed by atoms with E-state index in [-0.39, 0.29) is 48.1 Å². The van der Waals surface area contributed by atoms with Crippen LogP contribution in [0.1, 0.15) is 123 Å². The maximum atomic E-state index is 12.5. The van der Waals surface area contributed by atoms with Crippen LogP contribution in [0.25, 0.3) is 11.2 Å². The molecular formula is C33H56N6O5. The van der Waals surface area contributed by atoms with Crippen molar-refractivity contribution >= 4 is 29.1 Å². The van der Waals surface area contributed by atoms with Crippen molar-refractivity contribution in [2.45, 2.75) is 130 Å². The number of hydrogen-bond acceptors (Lipinski definition) is 9. The maximum absolute atomic E-state index is 12.5. The average molecular weight is 617 g/mol. The monoisotopic (exact) mass is 616 g/mol. The van der Waals surface area contributed by atoms with Crippen molar-refractivity contribution in [3.63, 3.8) is 0 Å². The molecule has 0 saturated heterocycles. The number of hydrogen-bond donors (Lipinski definition) is 4. The van der Waals surface area contributed by atoms with Crippen LogP contribution in [0.4, 0.5) is 5.95 Å². The molecule has 0 fully saturated rings. The van der Waals surface area contributed by atoms with Gasteiger partial charge >= 0.3 is 11.9 Å². The summed E-state index contributed by atoms with van der Waals surface area (Å²) in [5, 5.41) is 0. The Labute approximate surface area is 262 Å². The Morgan fingerprint density at radius 3 is 2.18 bits per heavy atom. The molecular weight excluding hydrogens is 560 g/mol. The number of esters is 2. The Balaban J connectivity index is 1.70. The summed E-state index contributed by atoms with van der Waals surface area (Å²) >= 11 is 0. The first-order valence-electron chi connectivity index (χ1n) is 16.7. The highest BCUT2D eigenvalue weighted by atomic mass is 16.5. The minimum Gasteiger partial charge on any atom is -0.465 e. The van der Waals surface area contributed by atoms with Gasteiger partial charge in [0, 0.05) is 18.8 Å². The lowest BCUT2D eigenvalue weighted by Crippen LogP contribution is -2.37. The molecule has 6 N–H and O–H groups in total. The fraction of sp³-hybridized carbons (Fsp3) is 0.727. The first kappa shape index (κ1) is 37.0. The number of H-pyrrole nitrogens is 2. The predicted octanol–water partition coefficient (Wildman–Crippen LogP) is 5.88. The van der Waals surface area contributed by atoms with Gasteiger partial charge in [-0.05, 0) is 44.4 Å². The highest BCUT2D eigenvalue weighted by Crippen LogP contribution is 2.16. The van der Waals surface area contributed by atoms with Gasteiger partial charge in [0.05, 0.1) is 13.2 Å². The minimum absolute atomic E-state index is 0.0185. The number of imidazole rings is 1. The number of nitrogens with two attached hydrogens (primary N) is 2. The number of aromatic nitrogens is 4. The quantitative estimate of drug-likeness (QED) is 0.0636. The van der Waals surface area contributed by atoms with Gasteiger partial charge in [0.2, 0.25) is 5.95 Å². The zero-order chi connectivity index (χ0) is 32.2. The molecule has 11 heteroatoms. The third-order valence-electron chi connectivity index (χ3n) is 7.79. The normalized spacial score (nSPS) is 13.1. The van der Waals surface area contributed by atoms with Crippen LogP contribution in [-0.2, 0) is 25.5 Å². The number of nitrogens with zero attached hydrogens (tertiary/aromatic N) is 2. The van der Waals surface area contributed by atoms with Gasteiger partial charge in [-0.25, -0.2) is 4.98 Å². The van der Waals surface area contributed by atoms with Gasteiger partial charge in [0.15, 0.2) is 11.2 Å². The van der Waals surface area contributed by atoms with Crippen LogP contribution in [0.5, 0.6) is 0 Å². The number of fused-ring (bicyclic) bond motifs is 1. The number of nitrogen functional groups attached to an aromatic ring is 1. The standard InChI is InChI=1S/C33H56N6O5/c1-4-5-6-7-8-9-10-11-12-13-14-15-16-17-18-19-27(40)44-23-25(20-21-43-32(42)28(34)24(2)3)22-26-36-29-30(37-26)38-33(35)39-31(29)41/h11-12,24-25,28H,4-10,13-23,34H2,1-3H3,(H4,35,36,37,38,39,41)/t25?,28-/m0/s1. The molecule has 44 heavy (non-hydrogen) atoms. The molecule has 0 bridgehead atoms. The molecule has 0 aliphatic heterocycles. The molecule has 0 aliphatic carbocycles. The molecule has 248 valence electrons. The van der Waals surface area contributed by atoms with E-state index in [9.17, 15) is 14.4 Å². The second-order valence-electron chi connectivity index (χ2n) is 12.1. The SMILES string of the molecule is CCCCCCCCC=CCCCCCCCC(=O)OCC(CCOC(=O)[C@@H](N)C(C)C)Cc1nc2nc(N)[nH]c(=O)c2[nH]1. The molecule has 2 aromatic heterocycles. The lowest BCUT2D eigenvalue weighted by atomic mass is 10.0. The van der Waals surface area contributed by atoms with E-state index < -0.39 is 17.6 Å². The Kier molecular flexibility index (Phi) is 18.1. The summed E-state index contributed by atoms with van der Waals surface area (Å²) in [6.07, 6.45) is 21.4. The van der Waals surface area contributed by atoms with Crippen LogP contribution in [0.3, 0.4) is 0 Å². The number of rotatable bonds is 24. The molecule has 0 spiro atoms. The third-order valence-corrected chi connectivity index (χ3v) is 7.79. The zero-order valence-electron chi connectivity index (χ0n) is 27.2. The van der Waals surface area contributed by atoms with E-state index in [4.69, 9.17) is 20.9 Å². The minimum atomic E-state index is -0.698. The first-order valence-corrected chi connectivity index (χ1v) is 16.7. The number of allylic oxidation sites excluding steroid dienone is 2. The maximum Gasteiger partial charge on any atom is 0.323 e. The van der Waals surface area contributed by atoms with E-state index in [1.165, 1.54) is 57.8 Å². The van der Waals surface area contributed by atoms with Gasteiger partial charge < -0.3 is 25.9 Å². The summed E-state index contributed by atoms with van der Waals surface area (Å²) in [5.41, 5.74) is 11.6. The molecule has 2 aromatic rings. The van der Waals surface area contributed by atoms with Crippen LogP contribution in [0.2, 0.25) is 0 Å². The summed E-state index contributed by atoms with van der Waals surface area (Å²) < 4.78 is 11.0. The number of carbonyl (C=O) groups excluding carboxylic acids is 2. The van der Waals surface area contributed by atoms with Crippen molar-refractivity contribution in [1.82, 2.24) is 19.9 Å². The predicted molar refractivity (Wildman–Crippen MR) is 175 cm³/mol. The van der Waals surface area contributed by atoms with Gasteiger partial charge in [-0.15, -0.1) is 0 Å². The van der Waals surface area contributed by atoms with Crippen LogP contribution in [0, 0.1) is 11.8 Å². The second kappa shape index (κ2) is 21.5. The summed E-state index contributed by atoms with van der Waals surface area (Å²) in [5.74, 6) is -0.462. The van der Waals surface area contributed by atoms with E-state index in [0.717, 1.165) is 25.7 Å². The van der Waals surface area contributed by atoms with E-state index in [1.54, 1.807) is 0 Å². The molecule has 0 saturated carbocycles. The highest BCUT2D eigenvalue weighted by Gasteiger charge is 2.21. The molecule has 11 nitrogen and oxygen atoms in total. The molecule has 2 rings (SSSR count). The van der Waals surface area contributed by atoms with E-state index in [1.807, 2.05) is 13.8 Å². The molecule has 0 amide bonds. The molecule has 0 aliphatic rings. The lowest BCUT2D eigenvalue weighted by Gasteiger charge is -2.18. The second-order valence-corrected chi connectivity index (χ2v) is 12.1. The van der Waals surface area contributed by atoms with Crippen LogP contribution in [-0.4, -0.2) is 51.1 Å². The number of aromatic amines is 2. The summed E-state index contributed by atoms with van der Waals surface area (Å²) in [4.78, 5) is 50.7. The summed E-state index contributed by atoms with van der Waals surface area (Å²) in [7, 11) is 0. The first-order chi connectivity index (χ1) is 21.2. The van der Waals surface area contributed by atoms with E-state index >= 15 is 0 Å². The number of nitrogens with one attached hydrogen (secondary N) is 2. The smallest absolute Gasteiger partial charge is 0.323 e. The fourth-order valence-corrected chi connectivity index (χ4v) is 4.90. The van der Waals surface area contributed by atoms with E-state index in [2.05, 4.69) is 39.0 Å². The van der Waals surface area contributed by atoms with Gasteiger partial charge in [-0.2, -0.15) is 4.98 Å². The topological polar surface area (TPSA) is 179 Å². The summed E-state index contributed by atoms with van der Waals surface area (Å²) in [6.45, 7) is 6.23. The third kappa shape index (κ3) is 15.0. The molecule has 1 unspecified atom stereocenters. The number of ether oxygens (including phenoxy) is 2. The van der Waals surface area contributed by atoms with E-state index in [0.29, 0.717) is 25.1 Å². The van der Waals surface area contributed by atoms with Crippen molar-refractivity contribution in [3.05, 3.63) is 28.3 Å². The molecule has 2 atom stereocenters. The van der Waals surface area contributed by atoms with Crippen molar-refractivity contribution in [3.8, 4) is 0 Å². The molecule has 2 heterocycles.